The molecule has 13 heavy (non-hydrogen) atoms. The molecule has 1 aromatic carbocycles. The molecule has 0 N–H and O–H groups in total. The molecule has 0 bridgehead atoms. The quantitative estimate of drug-likeness (QED) is 0.516. The van der Waals surface area contributed by atoms with Gasteiger partial charge in [-0.15, -0.1) is 0 Å². The predicted molar refractivity (Wildman–Crippen MR) is 51.5 cm³/mol. The van der Waals surface area contributed by atoms with E-state index in [1.807, 2.05) is 19.9 Å². The van der Waals surface area contributed by atoms with Crippen LogP contribution in [0.2, 0.25) is 0 Å². The highest BCUT2D eigenvalue weighted by atomic mass is 16.6. The lowest BCUT2D eigenvalue weighted by Crippen LogP contribution is -1.95. The third kappa shape index (κ3) is 2.05. The Morgan fingerprint density at radius 3 is 2.46 bits per heavy atom. The van der Waals surface area contributed by atoms with Crippen molar-refractivity contribution in [2.45, 2.75) is 20.8 Å². The minimum absolute atomic E-state index is 0.193. The summed E-state index contributed by atoms with van der Waals surface area (Å²) >= 11 is 0. The van der Waals surface area contributed by atoms with E-state index in [1.54, 1.807) is 19.1 Å². The molecule has 0 aliphatic rings. The van der Waals surface area contributed by atoms with Crippen LogP contribution in [0, 0.1) is 23.0 Å². The Morgan fingerprint density at radius 2 is 2.00 bits per heavy atom. The van der Waals surface area contributed by atoms with Crippen LogP contribution in [0.4, 0.5) is 5.69 Å². The predicted octanol–water partition coefficient (Wildman–Crippen LogP) is 2.87. The van der Waals surface area contributed by atoms with Gasteiger partial charge in [-0.25, -0.2) is 0 Å². The molecule has 0 fully saturated rings. The Kier molecular flexibility index (Phi) is 2.66. The average molecular weight is 178 g/mol. The number of rotatable bonds is 2. The third-order valence-electron chi connectivity index (χ3n) is 1.98. The summed E-state index contributed by atoms with van der Waals surface area (Å²) in [6.45, 7) is 5.62. The molecule has 0 amide bonds. The van der Waals surface area contributed by atoms with Crippen molar-refractivity contribution >= 4 is 5.69 Å². The zero-order valence-electron chi connectivity index (χ0n) is 8.00. The Balaban J connectivity index is 3.19. The second kappa shape index (κ2) is 3.56. The van der Waals surface area contributed by atoms with Gasteiger partial charge >= 0.3 is 0 Å². The highest BCUT2D eigenvalue weighted by Crippen LogP contribution is 2.23. The largest absolute Gasteiger partial charge is 0.272 e. The molecule has 0 unspecified atom stereocenters. The molecular formula is C10H12NO2. The summed E-state index contributed by atoms with van der Waals surface area (Å²) in [4.78, 5) is 10.2. The Hall–Kier alpha value is -1.38. The van der Waals surface area contributed by atoms with E-state index >= 15 is 0 Å². The molecule has 0 spiro atoms. The summed E-state index contributed by atoms with van der Waals surface area (Å²) < 4.78 is 0. The van der Waals surface area contributed by atoms with E-state index < -0.39 is 0 Å². The molecule has 0 atom stereocenters. The Bertz CT molecular complexity index is 332. The van der Waals surface area contributed by atoms with E-state index in [0.717, 1.165) is 11.5 Å². The van der Waals surface area contributed by atoms with E-state index in [9.17, 15) is 10.1 Å². The first-order valence-electron chi connectivity index (χ1n) is 4.08. The van der Waals surface area contributed by atoms with Crippen molar-refractivity contribution in [2.75, 3.05) is 0 Å². The highest BCUT2D eigenvalue weighted by molar-refractivity contribution is 5.45. The summed E-state index contributed by atoms with van der Waals surface area (Å²) in [5.74, 6) is 1.09. The summed E-state index contributed by atoms with van der Waals surface area (Å²) in [7, 11) is 0. The number of nitro groups is 1. The standard InChI is InChI=1S/C10H12NO2/c1-7(2)9-5-4-8(3)10(6-9)11(12)13/h4-6H,1-3H3. The Morgan fingerprint density at radius 1 is 1.38 bits per heavy atom. The lowest BCUT2D eigenvalue weighted by atomic mass is 10.0. The van der Waals surface area contributed by atoms with Gasteiger partial charge in [-0.3, -0.25) is 10.1 Å². The van der Waals surface area contributed by atoms with Gasteiger partial charge < -0.3 is 0 Å². The van der Waals surface area contributed by atoms with Gasteiger partial charge in [0.05, 0.1) is 4.92 Å². The van der Waals surface area contributed by atoms with Gasteiger partial charge in [-0.2, -0.15) is 0 Å². The van der Waals surface area contributed by atoms with Gasteiger partial charge in [-0.1, -0.05) is 26.0 Å². The lowest BCUT2D eigenvalue weighted by molar-refractivity contribution is -0.385. The van der Waals surface area contributed by atoms with Crippen molar-refractivity contribution in [3.05, 3.63) is 45.4 Å². The van der Waals surface area contributed by atoms with Gasteiger partial charge in [0.1, 0.15) is 0 Å². The molecule has 0 aromatic heterocycles. The molecule has 3 heteroatoms. The summed E-state index contributed by atoms with van der Waals surface area (Å²) in [6.07, 6.45) is 0. The molecule has 3 nitrogen and oxygen atoms in total. The average Bonchev–Trinajstić information content (AvgIpc) is 2.04. The van der Waals surface area contributed by atoms with E-state index in [4.69, 9.17) is 0 Å². The van der Waals surface area contributed by atoms with Crippen LogP contribution >= 0.6 is 0 Å². The third-order valence-corrected chi connectivity index (χ3v) is 1.98. The van der Waals surface area contributed by atoms with Gasteiger partial charge in [0.15, 0.2) is 0 Å². The Labute approximate surface area is 77.5 Å². The van der Waals surface area contributed by atoms with Crippen LogP contribution in [0.25, 0.3) is 0 Å². The van der Waals surface area contributed by atoms with Crippen molar-refractivity contribution in [3.63, 3.8) is 0 Å². The van der Waals surface area contributed by atoms with Crippen LogP contribution in [0.5, 0.6) is 0 Å². The summed E-state index contributed by atoms with van der Waals surface area (Å²) in [5, 5.41) is 10.6. The maximum Gasteiger partial charge on any atom is 0.272 e. The molecule has 69 valence electrons. The van der Waals surface area contributed by atoms with Crippen LogP contribution in [-0.4, -0.2) is 4.92 Å². The topological polar surface area (TPSA) is 43.1 Å². The van der Waals surface area contributed by atoms with Gasteiger partial charge in [0.25, 0.3) is 5.69 Å². The first-order chi connectivity index (χ1) is 6.02. The summed E-state index contributed by atoms with van der Waals surface area (Å²) in [5.41, 5.74) is 1.83. The van der Waals surface area contributed by atoms with Crippen molar-refractivity contribution in [1.82, 2.24) is 0 Å². The van der Waals surface area contributed by atoms with Crippen LogP contribution < -0.4 is 0 Å². The van der Waals surface area contributed by atoms with Gasteiger partial charge in [0.2, 0.25) is 0 Å². The minimum atomic E-state index is -0.345. The number of aryl methyl sites for hydroxylation is 1. The molecule has 1 rings (SSSR count). The number of hydrogen-bond acceptors (Lipinski definition) is 2. The van der Waals surface area contributed by atoms with Crippen LogP contribution in [-0.2, 0) is 0 Å². The van der Waals surface area contributed by atoms with Crippen molar-refractivity contribution < 1.29 is 4.92 Å². The molecule has 0 aliphatic heterocycles. The van der Waals surface area contributed by atoms with Crippen molar-refractivity contribution in [2.24, 2.45) is 0 Å². The van der Waals surface area contributed by atoms with Crippen molar-refractivity contribution in [3.8, 4) is 0 Å². The van der Waals surface area contributed by atoms with Crippen LogP contribution in [0.3, 0.4) is 0 Å². The smallest absolute Gasteiger partial charge is 0.258 e. The fraction of sp³-hybridized carbons (Fsp3) is 0.300. The SMILES string of the molecule is C[C](C)c1ccc(C)c([N+](=O)[O-])c1. The second-order valence-electron chi connectivity index (χ2n) is 3.26. The van der Waals surface area contributed by atoms with Crippen LogP contribution in [0.1, 0.15) is 25.0 Å². The first kappa shape index (κ1) is 9.71. The molecule has 1 radical (unpaired) electrons. The fourth-order valence-corrected chi connectivity index (χ4v) is 1.12. The number of nitrogens with zero attached hydrogens (tertiary/aromatic N) is 1. The van der Waals surface area contributed by atoms with E-state index in [-0.39, 0.29) is 10.6 Å². The zero-order valence-corrected chi connectivity index (χ0v) is 8.00. The number of hydrogen-bond donors (Lipinski definition) is 0. The molecule has 0 heterocycles. The van der Waals surface area contributed by atoms with Gasteiger partial charge in [0, 0.05) is 11.6 Å². The number of nitro benzene ring substituents is 1. The normalized spacial score (nSPS) is 10.5. The first-order valence-corrected chi connectivity index (χ1v) is 4.08. The number of benzene rings is 1. The van der Waals surface area contributed by atoms with E-state index in [1.165, 1.54) is 0 Å². The van der Waals surface area contributed by atoms with E-state index in [0.29, 0.717) is 5.56 Å². The molecule has 0 saturated carbocycles. The zero-order chi connectivity index (χ0) is 10.0. The second-order valence-corrected chi connectivity index (χ2v) is 3.26. The minimum Gasteiger partial charge on any atom is -0.258 e. The molecular weight excluding hydrogens is 166 g/mol. The molecule has 1 aromatic rings. The van der Waals surface area contributed by atoms with E-state index in [2.05, 4.69) is 0 Å². The van der Waals surface area contributed by atoms with Crippen LogP contribution in [0.15, 0.2) is 18.2 Å². The maximum atomic E-state index is 10.6. The monoisotopic (exact) mass is 178 g/mol. The fourth-order valence-electron chi connectivity index (χ4n) is 1.12. The molecule has 0 saturated heterocycles. The lowest BCUT2D eigenvalue weighted by Gasteiger charge is -2.04. The summed E-state index contributed by atoms with van der Waals surface area (Å²) in [6, 6.07) is 5.29. The molecule has 0 aliphatic carbocycles. The maximum absolute atomic E-state index is 10.6. The van der Waals surface area contributed by atoms with Crippen molar-refractivity contribution in [1.29, 1.82) is 0 Å². The van der Waals surface area contributed by atoms with Gasteiger partial charge in [-0.05, 0) is 18.4 Å². The highest BCUT2D eigenvalue weighted by Gasteiger charge is 2.11.